The topological polar surface area (TPSA) is 55.1 Å². The molecule has 7 heteroatoms. The molecule has 0 radical (unpaired) electrons. The fourth-order valence-corrected chi connectivity index (χ4v) is 2.22. The average molecular weight is 262 g/mol. The molecule has 4 nitrogen and oxygen atoms in total. The monoisotopic (exact) mass is 262 g/mol. The van der Waals surface area contributed by atoms with Gasteiger partial charge in [0.25, 0.3) is 5.78 Å². The molecule has 100 valence electrons. The van der Waals surface area contributed by atoms with E-state index in [2.05, 4.69) is 4.98 Å². The summed E-state index contributed by atoms with van der Waals surface area (Å²) in [4.78, 5) is 15.1. The van der Waals surface area contributed by atoms with Gasteiger partial charge in [-0.3, -0.25) is 4.79 Å². The largest absolute Gasteiger partial charge is 0.456 e. The second-order valence-electron chi connectivity index (χ2n) is 4.23. The first-order valence-corrected chi connectivity index (χ1v) is 5.76. The second-order valence-corrected chi connectivity index (χ2v) is 4.23. The molecule has 0 bridgehead atoms. The van der Waals surface area contributed by atoms with Crippen molar-refractivity contribution < 1.29 is 23.1 Å². The minimum Gasteiger partial charge on any atom is -0.396 e. The summed E-state index contributed by atoms with van der Waals surface area (Å²) in [5.74, 6) is -1.53. The highest BCUT2D eigenvalue weighted by molar-refractivity contribution is 5.99. The maximum atomic E-state index is 12.5. The normalized spacial score (nSPS) is 15.6. The highest BCUT2D eigenvalue weighted by atomic mass is 19.4. The van der Waals surface area contributed by atoms with Crippen molar-refractivity contribution in [1.82, 2.24) is 9.55 Å². The molecule has 1 aromatic rings. The fraction of sp³-hybridized carbons (Fsp3) is 0.636. The first-order valence-electron chi connectivity index (χ1n) is 5.76. The third-order valence-corrected chi connectivity index (χ3v) is 3.00. The van der Waals surface area contributed by atoms with Crippen molar-refractivity contribution in [3.05, 3.63) is 17.2 Å². The Morgan fingerprint density at radius 2 is 2.11 bits per heavy atom. The number of halogens is 3. The Labute approximate surface area is 101 Å². The molecule has 0 amide bonds. The molecule has 18 heavy (non-hydrogen) atoms. The summed E-state index contributed by atoms with van der Waals surface area (Å²) in [5, 5.41) is 8.87. The van der Waals surface area contributed by atoms with Gasteiger partial charge in [0.2, 0.25) is 0 Å². The third kappa shape index (κ3) is 2.27. The second kappa shape index (κ2) is 4.72. The molecule has 0 saturated carbocycles. The van der Waals surface area contributed by atoms with Gasteiger partial charge in [-0.05, 0) is 19.3 Å². The van der Waals surface area contributed by atoms with E-state index in [9.17, 15) is 18.0 Å². The van der Waals surface area contributed by atoms with Gasteiger partial charge in [0.1, 0.15) is 11.5 Å². The molecule has 0 atom stereocenters. The number of carbonyl (C=O) groups is 1. The van der Waals surface area contributed by atoms with Crippen LogP contribution in [-0.2, 0) is 19.4 Å². The number of aromatic nitrogens is 2. The van der Waals surface area contributed by atoms with E-state index >= 15 is 0 Å². The Balaban J connectivity index is 2.45. The summed E-state index contributed by atoms with van der Waals surface area (Å²) in [6.45, 7) is 0.360. The number of hydrogen-bond donors (Lipinski definition) is 1. The molecule has 1 aromatic heterocycles. The summed E-state index contributed by atoms with van der Waals surface area (Å²) >= 11 is 0. The van der Waals surface area contributed by atoms with Gasteiger partial charge in [-0.1, -0.05) is 0 Å². The van der Waals surface area contributed by atoms with Crippen LogP contribution < -0.4 is 0 Å². The number of hydrogen-bond acceptors (Lipinski definition) is 3. The quantitative estimate of drug-likeness (QED) is 0.840. The van der Waals surface area contributed by atoms with Gasteiger partial charge in [-0.2, -0.15) is 13.2 Å². The van der Waals surface area contributed by atoms with Gasteiger partial charge in [0, 0.05) is 18.7 Å². The molecule has 0 aliphatic carbocycles. The Morgan fingerprint density at radius 3 is 2.72 bits per heavy atom. The van der Waals surface area contributed by atoms with Crippen LogP contribution >= 0.6 is 0 Å². The summed E-state index contributed by atoms with van der Waals surface area (Å²) < 4.78 is 39.0. The molecule has 0 spiro atoms. The average Bonchev–Trinajstić information content (AvgIpc) is 2.67. The molecular weight excluding hydrogens is 249 g/mol. The number of fused-ring (bicyclic) bond motifs is 1. The van der Waals surface area contributed by atoms with Crippen LogP contribution in [0.2, 0.25) is 0 Å². The van der Waals surface area contributed by atoms with Crippen LogP contribution in [0.4, 0.5) is 13.2 Å². The van der Waals surface area contributed by atoms with Crippen molar-refractivity contribution in [2.24, 2.45) is 0 Å². The number of aliphatic hydroxyl groups is 1. The van der Waals surface area contributed by atoms with Crippen LogP contribution in [0.1, 0.15) is 34.8 Å². The number of ketones is 1. The molecule has 0 saturated heterocycles. The number of Topliss-reactive ketones (excluding diaryl/α,β-unsaturated/α-hetero) is 1. The van der Waals surface area contributed by atoms with Crippen LogP contribution in [0.25, 0.3) is 0 Å². The van der Waals surface area contributed by atoms with E-state index in [1.165, 1.54) is 0 Å². The lowest BCUT2D eigenvalue weighted by Crippen LogP contribution is -2.25. The van der Waals surface area contributed by atoms with Crippen LogP contribution in [0.15, 0.2) is 0 Å². The van der Waals surface area contributed by atoms with Crippen molar-refractivity contribution in [3.63, 3.8) is 0 Å². The number of alkyl halides is 3. The zero-order chi connectivity index (χ0) is 13.3. The Bertz CT molecular complexity index is 466. The summed E-state index contributed by atoms with van der Waals surface area (Å²) in [7, 11) is 0. The molecule has 1 aliphatic rings. The summed E-state index contributed by atoms with van der Waals surface area (Å²) in [6, 6.07) is 0. The first kappa shape index (κ1) is 13.1. The van der Waals surface area contributed by atoms with Crippen LogP contribution in [0.5, 0.6) is 0 Å². The lowest BCUT2D eigenvalue weighted by molar-refractivity contribution is -0.0888. The van der Waals surface area contributed by atoms with Crippen molar-refractivity contribution in [1.29, 1.82) is 0 Å². The third-order valence-electron chi connectivity index (χ3n) is 3.00. The number of aliphatic hydroxyl groups excluding tert-OH is 1. The molecule has 0 aromatic carbocycles. The molecule has 1 aliphatic heterocycles. The van der Waals surface area contributed by atoms with Crippen molar-refractivity contribution in [2.75, 3.05) is 6.61 Å². The first-order chi connectivity index (χ1) is 8.45. The van der Waals surface area contributed by atoms with E-state index < -0.39 is 17.7 Å². The zero-order valence-corrected chi connectivity index (χ0v) is 9.63. The van der Waals surface area contributed by atoms with Gasteiger partial charge in [-0.25, -0.2) is 4.98 Å². The predicted octanol–water partition coefficient (Wildman–Crippen LogP) is 1.50. The van der Waals surface area contributed by atoms with E-state index in [1.807, 2.05) is 0 Å². The van der Waals surface area contributed by atoms with Crippen molar-refractivity contribution >= 4 is 5.78 Å². The van der Waals surface area contributed by atoms with Gasteiger partial charge >= 0.3 is 6.18 Å². The lowest BCUT2D eigenvalue weighted by atomic mass is 10.1. The Kier molecular flexibility index (Phi) is 3.43. The van der Waals surface area contributed by atoms with E-state index in [0.717, 1.165) is 12.8 Å². The van der Waals surface area contributed by atoms with Gasteiger partial charge in [0.15, 0.2) is 0 Å². The van der Waals surface area contributed by atoms with Crippen LogP contribution in [-0.4, -0.2) is 33.2 Å². The smallest absolute Gasteiger partial charge is 0.396 e. The number of rotatable bonds is 3. The van der Waals surface area contributed by atoms with Crippen molar-refractivity contribution in [3.8, 4) is 0 Å². The Hall–Kier alpha value is -1.37. The minimum absolute atomic E-state index is 0.165. The van der Waals surface area contributed by atoms with E-state index in [4.69, 9.17) is 5.11 Å². The number of imidazole rings is 1. The highest BCUT2D eigenvalue weighted by Gasteiger charge is 2.43. The van der Waals surface area contributed by atoms with Gasteiger partial charge < -0.3 is 9.67 Å². The zero-order valence-electron chi connectivity index (χ0n) is 9.63. The Morgan fingerprint density at radius 1 is 1.39 bits per heavy atom. The molecular formula is C11H13F3N2O2. The van der Waals surface area contributed by atoms with Crippen LogP contribution in [0.3, 0.4) is 0 Å². The predicted molar refractivity (Wildman–Crippen MR) is 56.3 cm³/mol. The standard InChI is InChI=1S/C11H13F3N2O2/c12-11(13,14)10(18)9-7-3-1-2-5-16(7)8(15-9)4-6-17/h17H,1-6H2. The maximum Gasteiger partial charge on any atom is 0.456 e. The number of nitrogens with zero attached hydrogens (tertiary/aromatic N) is 2. The molecule has 2 heterocycles. The fourth-order valence-electron chi connectivity index (χ4n) is 2.22. The molecule has 2 rings (SSSR count). The molecule has 1 N–H and O–H groups in total. The minimum atomic E-state index is -4.90. The SMILES string of the molecule is O=C(c1nc(CCO)n2c1CCCC2)C(F)(F)F. The van der Waals surface area contributed by atoms with Crippen LogP contribution in [0, 0.1) is 0 Å². The van der Waals surface area contributed by atoms with Gasteiger partial charge in [-0.15, -0.1) is 0 Å². The van der Waals surface area contributed by atoms with Crippen molar-refractivity contribution in [2.45, 2.75) is 38.4 Å². The molecule has 0 fully saturated rings. The number of carbonyl (C=O) groups excluding carboxylic acids is 1. The highest BCUT2D eigenvalue weighted by Crippen LogP contribution is 2.27. The summed E-state index contributed by atoms with van der Waals surface area (Å²) in [6.07, 6.45) is -2.71. The van der Waals surface area contributed by atoms with E-state index in [1.54, 1.807) is 4.57 Å². The van der Waals surface area contributed by atoms with E-state index in [-0.39, 0.29) is 13.0 Å². The van der Waals surface area contributed by atoms with E-state index in [0.29, 0.717) is 24.5 Å². The molecule has 0 unspecified atom stereocenters. The van der Waals surface area contributed by atoms with Gasteiger partial charge in [0.05, 0.1) is 6.61 Å². The lowest BCUT2D eigenvalue weighted by Gasteiger charge is -2.17. The summed E-state index contributed by atoms with van der Waals surface area (Å²) in [5.41, 5.74) is -0.141. The maximum absolute atomic E-state index is 12.5.